The first kappa shape index (κ1) is 24.8. The molecule has 4 aromatic rings. The molecule has 0 aliphatic carbocycles. The summed E-state index contributed by atoms with van der Waals surface area (Å²) < 4.78 is 13.9. The molecule has 1 aliphatic heterocycles. The molecule has 1 aliphatic rings. The summed E-state index contributed by atoms with van der Waals surface area (Å²) in [5.41, 5.74) is 3.49. The van der Waals surface area contributed by atoms with Crippen LogP contribution in [-0.4, -0.2) is 50.3 Å². The standard InChI is InChI=1S/C27H28ClN5O4/c1-18-25(29-17-32(18)15-19-7-9-21(28)10-8-19)26-30-33(27(35)37-26)16-24(34)31-13-11-20(12-14-31)22-5-3-4-6-23(22)36-2/h3-10,17,20H,11-16H2,1-2H3. The number of methoxy groups -OCH3 is 1. The molecule has 1 fully saturated rings. The fourth-order valence-corrected chi connectivity index (χ4v) is 4.90. The Hall–Kier alpha value is -3.85. The van der Waals surface area contributed by atoms with E-state index >= 15 is 0 Å². The Morgan fingerprint density at radius 1 is 1.14 bits per heavy atom. The highest BCUT2D eigenvalue weighted by molar-refractivity contribution is 6.30. The second-order valence-corrected chi connectivity index (χ2v) is 9.60. The average molecular weight is 522 g/mol. The number of imidazole rings is 1. The Labute approximate surface area is 219 Å². The predicted molar refractivity (Wildman–Crippen MR) is 139 cm³/mol. The molecular formula is C27H28ClN5O4. The third-order valence-corrected chi connectivity index (χ3v) is 7.14. The Balaban J connectivity index is 1.23. The Kier molecular flexibility index (Phi) is 7.14. The minimum Gasteiger partial charge on any atom is -0.496 e. The summed E-state index contributed by atoms with van der Waals surface area (Å²) in [6, 6.07) is 15.6. The van der Waals surface area contributed by atoms with Gasteiger partial charge in [0.25, 0.3) is 5.89 Å². The van der Waals surface area contributed by atoms with Crippen molar-refractivity contribution in [2.45, 2.75) is 38.8 Å². The lowest BCUT2D eigenvalue weighted by Gasteiger charge is -2.32. The number of hydrogen-bond acceptors (Lipinski definition) is 6. The molecule has 0 N–H and O–H groups in total. The molecule has 0 spiro atoms. The van der Waals surface area contributed by atoms with Gasteiger partial charge in [-0.15, -0.1) is 5.10 Å². The first-order valence-corrected chi connectivity index (χ1v) is 12.6. The van der Waals surface area contributed by atoms with E-state index in [2.05, 4.69) is 16.1 Å². The number of halogens is 1. The lowest BCUT2D eigenvalue weighted by atomic mass is 9.89. The van der Waals surface area contributed by atoms with Crippen LogP contribution in [0.5, 0.6) is 5.75 Å². The first-order chi connectivity index (χ1) is 17.9. The minimum atomic E-state index is -0.682. The number of likely N-dealkylation sites (tertiary alicyclic amines) is 1. The quantitative estimate of drug-likeness (QED) is 0.363. The Morgan fingerprint density at radius 2 is 1.86 bits per heavy atom. The zero-order chi connectivity index (χ0) is 25.9. The molecule has 10 heteroatoms. The van der Waals surface area contributed by atoms with Gasteiger partial charge in [-0.05, 0) is 55.0 Å². The van der Waals surface area contributed by atoms with E-state index in [1.165, 1.54) is 5.56 Å². The van der Waals surface area contributed by atoms with Gasteiger partial charge in [-0.25, -0.2) is 9.78 Å². The highest BCUT2D eigenvalue weighted by atomic mass is 35.5. The summed E-state index contributed by atoms with van der Waals surface area (Å²) in [5.74, 6) is 0.455. The van der Waals surface area contributed by atoms with Crippen molar-refractivity contribution in [3.63, 3.8) is 0 Å². The number of ether oxygens (including phenoxy) is 1. The summed E-state index contributed by atoms with van der Waals surface area (Å²) in [5, 5.41) is 4.95. The summed E-state index contributed by atoms with van der Waals surface area (Å²) in [7, 11) is 1.67. The first-order valence-electron chi connectivity index (χ1n) is 12.2. The van der Waals surface area contributed by atoms with E-state index in [-0.39, 0.29) is 18.3 Å². The molecule has 1 amide bonds. The zero-order valence-corrected chi connectivity index (χ0v) is 21.5. The summed E-state index contributed by atoms with van der Waals surface area (Å²) >= 11 is 5.97. The van der Waals surface area contributed by atoms with Crippen molar-refractivity contribution in [3.05, 3.63) is 87.3 Å². The maximum atomic E-state index is 13.0. The number of rotatable bonds is 7. The van der Waals surface area contributed by atoms with E-state index in [9.17, 15) is 9.59 Å². The number of hydrogen-bond donors (Lipinski definition) is 0. The molecule has 37 heavy (non-hydrogen) atoms. The maximum Gasteiger partial charge on any atom is 0.437 e. The van der Waals surface area contributed by atoms with Gasteiger partial charge in [-0.3, -0.25) is 4.79 Å². The number of benzene rings is 2. The second-order valence-electron chi connectivity index (χ2n) is 9.16. The fraction of sp³-hybridized carbons (Fsp3) is 0.333. The van der Waals surface area contributed by atoms with Crippen LogP contribution in [0, 0.1) is 6.92 Å². The lowest BCUT2D eigenvalue weighted by molar-refractivity contribution is -0.133. The van der Waals surface area contributed by atoms with E-state index < -0.39 is 5.76 Å². The monoisotopic (exact) mass is 521 g/mol. The molecular weight excluding hydrogens is 494 g/mol. The third kappa shape index (κ3) is 5.32. The van der Waals surface area contributed by atoms with Crippen molar-refractivity contribution in [2.24, 2.45) is 0 Å². The molecule has 1 saturated heterocycles. The topological polar surface area (TPSA) is 95.4 Å². The molecule has 0 atom stereocenters. The molecule has 9 nitrogen and oxygen atoms in total. The highest BCUT2D eigenvalue weighted by Crippen LogP contribution is 2.34. The Bertz CT molecular complexity index is 1450. The van der Waals surface area contributed by atoms with Gasteiger partial charge in [0.05, 0.1) is 13.4 Å². The maximum absolute atomic E-state index is 13.0. The van der Waals surface area contributed by atoms with E-state index in [1.54, 1.807) is 18.3 Å². The van der Waals surface area contributed by atoms with Gasteiger partial charge in [0, 0.05) is 30.4 Å². The number of para-hydroxylation sites is 1. The van der Waals surface area contributed by atoms with Crippen molar-refractivity contribution < 1.29 is 13.9 Å². The number of carbonyl (C=O) groups is 1. The van der Waals surface area contributed by atoms with Gasteiger partial charge in [-0.1, -0.05) is 41.9 Å². The molecule has 0 bridgehead atoms. The molecule has 0 unspecified atom stereocenters. The van der Waals surface area contributed by atoms with Gasteiger partial charge < -0.3 is 18.6 Å². The van der Waals surface area contributed by atoms with Crippen molar-refractivity contribution in [1.29, 1.82) is 0 Å². The highest BCUT2D eigenvalue weighted by Gasteiger charge is 2.27. The normalized spacial score (nSPS) is 14.2. The van der Waals surface area contributed by atoms with Crippen LogP contribution >= 0.6 is 11.6 Å². The van der Waals surface area contributed by atoms with Crippen LogP contribution in [0.1, 0.15) is 35.6 Å². The number of nitrogens with zero attached hydrogens (tertiary/aromatic N) is 5. The summed E-state index contributed by atoms with van der Waals surface area (Å²) in [4.78, 5) is 31.6. The van der Waals surface area contributed by atoms with E-state index in [0.29, 0.717) is 36.3 Å². The molecule has 5 rings (SSSR count). The number of carbonyl (C=O) groups excluding carboxylic acids is 1. The zero-order valence-electron chi connectivity index (χ0n) is 20.8. The van der Waals surface area contributed by atoms with Crippen LogP contribution in [0.2, 0.25) is 5.02 Å². The summed E-state index contributed by atoms with van der Waals surface area (Å²) in [6.07, 6.45) is 3.33. The van der Waals surface area contributed by atoms with Crippen molar-refractivity contribution >= 4 is 17.5 Å². The summed E-state index contributed by atoms with van der Waals surface area (Å²) in [6.45, 7) is 3.51. The van der Waals surface area contributed by atoms with Gasteiger partial charge in [-0.2, -0.15) is 4.68 Å². The molecule has 192 valence electrons. The molecule has 0 saturated carbocycles. The van der Waals surface area contributed by atoms with Crippen LogP contribution < -0.4 is 10.5 Å². The van der Waals surface area contributed by atoms with E-state index in [1.807, 2.05) is 54.0 Å². The average Bonchev–Trinajstić information content (AvgIpc) is 3.46. The van der Waals surface area contributed by atoms with Crippen LogP contribution in [0.15, 0.2) is 64.1 Å². The third-order valence-electron chi connectivity index (χ3n) is 6.89. The van der Waals surface area contributed by atoms with Gasteiger partial charge >= 0.3 is 5.76 Å². The van der Waals surface area contributed by atoms with Crippen LogP contribution in [0.3, 0.4) is 0 Å². The van der Waals surface area contributed by atoms with Crippen molar-refractivity contribution in [3.8, 4) is 17.3 Å². The largest absolute Gasteiger partial charge is 0.496 e. The molecule has 0 radical (unpaired) electrons. The van der Waals surface area contributed by atoms with E-state index in [4.69, 9.17) is 20.8 Å². The molecule has 2 aromatic heterocycles. The lowest BCUT2D eigenvalue weighted by Crippen LogP contribution is -2.41. The number of amides is 1. The van der Waals surface area contributed by atoms with Crippen LogP contribution in [-0.2, 0) is 17.9 Å². The molecule has 3 heterocycles. The van der Waals surface area contributed by atoms with Crippen LogP contribution in [0.25, 0.3) is 11.6 Å². The molecule has 2 aromatic carbocycles. The van der Waals surface area contributed by atoms with Crippen molar-refractivity contribution in [2.75, 3.05) is 20.2 Å². The van der Waals surface area contributed by atoms with Gasteiger partial charge in [0.15, 0.2) is 0 Å². The van der Waals surface area contributed by atoms with Gasteiger partial charge in [0.2, 0.25) is 5.91 Å². The number of aromatic nitrogens is 4. The van der Waals surface area contributed by atoms with Crippen LogP contribution in [0.4, 0.5) is 0 Å². The van der Waals surface area contributed by atoms with Crippen molar-refractivity contribution in [1.82, 2.24) is 24.2 Å². The predicted octanol–water partition coefficient (Wildman–Crippen LogP) is 4.12. The van der Waals surface area contributed by atoms with Gasteiger partial charge in [0.1, 0.15) is 18.0 Å². The Morgan fingerprint density at radius 3 is 2.59 bits per heavy atom. The fourth-order valence-electron chi connectivity index (χ4n) is 4.77. The second kappa shape index (κ2) is 10.6. The number of piperidine rings is 1. The van der Waals surface area contributed by atoms with E-state index in [0.717, 1.165) is 34.5 Å². The SMILES string of the molecule is COc1ccccc1C1CCN(C(=O)Cn2nc(-c3ncn(Cc4ccc(Cl)cc4)c3C)oc2=O)CC1. The minimum absolute atomic E-state index is 0.0973. The smallest absolute Gasteiger partial charge is 0.437 e.